The normalized spacial score (nSPS) is 12.9. The van der Waals surface area contributed by atoms with Gasteiger partial charge in [0.2, 0.25) is 0 Å². The van der Waals surface area contributed by atoms with Gasteiger partial charge >= 0.3 is 17.6 Å². The van der Waals surface area contributed by atoms with E-state index < -0.39 is 41.5 Å². The van der Waals surface area contributed by atoms with Crippen LogP contribution >= 0.6 is 11.8 Å². The monoisotopic (exact) mass is 721 g/mol. The van der Waals surface area contributed by atoms with Crippen LogP contribution in [0.25, 0.3) is 11.1 Å². The van der Waals surface area contributed by atoms with Crippen molar-refractivity contribution < 1.29 is 37.8 Å². The zero-order chi connectivity index (χ0) is 37.7. The fraction of sp³-hybridized carbons (Fsp3) is 0.472. The number of nitrogens with zero attached hydrogens (tertiary/aromatic N) is 2. The Morgan fingerprint density at radius 2 is 1.45 bits per heavy atom. The maximum atomic E-state index is 14.3. The average molecular weight is 722 g/mol. The van der Waals surface area contributed by atoms with E-state index >= 15 is 0 Å². The van der Waals surface area contributed by atoms with Crippen molar-refractivity contribution in [3.05, 3.63) is 44.4 Å². The van der Waals surface area contributed by atoms with Gasteiger partial charge in [-0.3, -0.25) is 9.59 Å². The third-order valence-electron chi connectivity index (χ3n) is 8.11. The molecule has 4 rings (SSSR count). The lowest BCUT2D eigenvalue weighted by molar-refractivity contribution is -0.146. The van der Waals surface area contributed by atoms with E-state index in [0.717, 1.165) is 11.8 Å². The number of fused-ring (bicyclic) bond motifs is 3. The molecule has 14 nitrogen and oxygen atoms in total. The predicted molar refractivity (Wildman–Crippen MR) is 190 cm³/mol. The molecule has 0 saturated carbocycles. The summed E-state index contributed by atoms with van der Waals surface area (Å²) in [7, 11) is 0. The SMILES string of the molecule is CCOC(=O)[C@@H](CC(C)C)NC(=O)c1cc(SC#N)c(C)c2c1Nc1c(c(C)c3oc(=O)c(C)nc3c1C(=O)N[C@H](CC(C)C)C(=O)OCC)O2. The summed E-state index contributed by atoms with van der Waals surface area (Å²) < 4.78 is 22.6. The van der Waals surface area contributed by atoms with Gasteiger partial charge in [0.05, 0.1) is 35.7 Å². The number of ether oxygens (including phenoxy) is 3. The summed E-state index contributed by atoms with van der Waals surface area (Å²) in [5.74, 6) is -2.30. The van der Waals surface area contributed by atoms with Gasteiger partial charge in [0.25, 0.3) is 11.8 Å². The Hall–Kier alpha value is -5.10. The van der Waals surface area contributed by atoms with E-state index in [1.165, 1.54) is 13.0 Å². The smallest absolute Gasteiger partial charge is 0.357 e. The number of anilines is 2. The molecule has 15 heteroatoms. The predicted octanol–water partition coefficient (Wildman–Crippen LogP) is 5.95. The Bertz CT molecular complexity index is 1980. The second-order valence-electron chi connectivity index (χ2n) is 13.0. The number of aryl methyl sites for hydroxylation is 2. The van der Waals surface area contributed by atoms with Crippen molar-refractivity contribution in [2.75, 3.05) is 18.5 Å². The number of hydrogen-bond acceptors (Lipinski definition) is 13. The zero-order valence-corrected chi connectivity index (χ0v) is 31.0. The molecule has 0 unspecified atom stereocenters. The molecule has 0 bridgehead atoms. The van der Waals surface area contributed by atoms with Crippen LogP contribution in [0, 0.1) is 43.3 Å². The fourth-order valence-corrected chi connectivity index (χ4v) is 6.28. The third-order valence-corrected chi connectivity index (χ3v) is 8.85. The van der Waals surface area contributed by atoms with Crippen LogP contribution in [-0.4, -0.2) is 54.0 Å². The molecule has 0 fully saturated rings. The van der Waals surface area contributed by atoms with E-state index in [-0.39, 0.29) is 82.3 Å². The van der Waals surface area contributed by atoms with Crippen LogP contribution in [0.15, 0.2) is 20.2 Å². The Morgan fingerprint density at radius 1 is 0.902 bits per heavy atom. The van der Waals surface area contributed by atoms with Crippen LogP contribution in [0.3, 0.4) is 0 Å². The standard InChI is InChI=1S/C36H43N5O9S/c1-10-47-35(45)22(12-16(3)4)39-32(42)21-14-24(51-15-37)18(7)29-26(21)41-28-25(33(43)40-23(13-17(5)6)36(46)48-11-2)27-31(19(8)30(28)49-29)50-34(44)20(9)38-27/h14,16-17,22-23,41H,10-13H2,1-9H3,(H,39,42)(H,40,43)/t22-,23-/m1/s1. The minimum absolute atomic E-state index is 0.00811. The van der Waals surface area contributed by atoms with Crippen LogP contribution in [0.4, 0.5) is 11.4 Å². The highest BCUT2D eigenvalue weighted by Crippen LogP contribution is 2.52. The van der Waals surface area contributed by atoms with Gasteiger partial charge < -0.3 is 34.6 Å². The van der Waals surface area contributed by atoms with E-state index in [4.69, 9.17) is 18.6 Å². The van der Waals surface area contributed by atoms with Crippen molar-refractivity contribution in [3.63, 3.8) is 0 Å². The molecule has 1 aliphatic rings. The van der Waals surface area contributed by atoms with Crippen LogP contribution in [0.1, 0.15) is 91.9 Å². The maximum absolute atomic E-state index is 14.3. The number of nitrogens with one attached hydrogen (secondary N) is 3. The molecule has 0 spiro atoms. The summed E-state index contributed by atoms with van der Waals surface area (Å²) >= 11 is 0.816. The van der Waals surface area contributed by atoms with Gasteiger partial charge in [-0.2, -0.15) is 5.26 Å². The van der Waals surface area contributed by atoms with E-state index in [1.54, 1.807) is 27.7 Å². The summed E-state index contributed by atoms with van der Waals surface area (Å²) in [6.07, 6.45) is 0.570. The Labute approximate surface area is 300 Å². The summed E-state index contributed by atoms with van der Waals surface area (Å²) in [6.45, 7) is 16.0. The number of aromatic nitrogens is 1. The summed E-state index contributed by atoms with van der Waals surface area (Å²) in [6, 6.07) is -0.486. The number of esters is 2. The highest BCUT2D eigenvalue weighted by atomic mass is 32.2. The number of nitriles is 1. The lowest BCUT2D eigenvalue weighted by atomic mass is 9.98. The largest absolute Gasteiger partial charge is 0.464 e. The number of thiocyanates is 1. The third kappa shape index (κ3) is 8.28. The summed E-state index contributed by atoms with van der Waals surface area (Å²) in [4.78, 5) is 71.7. The molecule has 2 amide bonds. The first-order valence-electron chi connectivity index (χ1n) is 16.7. The van der Waals surface area contributed by atoms with Crippen molar-refractivity contribution in [2.45, 2.75) is 92.1 Å². The molecule has 3 aromatic rings. The van der Waals surface area contributed by atoms with Gasteiger partial charge in [0.1, 0.15) is 28.7 Å². The van der Waals surface area contributed by atoms with E-state index in [1.807, 2.05) is 33.1 Å². The topological polar surface area (TPSA) is 199 Å². The molecule has 1 aliphatic heterocycles. The number of carbonyl (C=O) groups is 4. The molecule has 51 heavy (non-hydrogen) atoms. The lowest BCUT2D eigenvalue weighted by Gasteiger charge is -2.30. The minimum atomic E-state index is -1.02. The van der Waals surface area contributed by atoms with Crippen LogP contribution in [0.2, 0.25) is 0 Å². The zero-order valence-electron chi connectivity index (χ0n) is 30.2. The van der Waals surface area contributed by atoms with Gasteiger partial charge in [-0.25, -0.2) is 19.4 Å². The van der Waals surface area contributed by atoms with Crippen LogP contribution in [0.5, 0.6) is 11.5 Å². The first-order chi connectivity index (χ1) is 24.1. The Kier molecular flexibility index (Phi) is 12.4. The second kappa shape index (κ2) is 16.3. The van der Waals surface area contributed by atoms with Crippen molar-refractivity contribution in [1.29, 1.82) is 5.26 Å². The molecule has 0 aliphatic carbocycles. The van der Waals surface area contributed by atoms with Gasteiger partial charge in [-0.05, 0) is 77.1 Å². The second-order valence-corrected chi connectivity index (χ2v) is 13.8. The van der Waals surface area contributed by atoms with E-state index in [2.05, 4.69) is 20.9 Å². The van der Waals surface area contributed by atoms with Crippen molar-refractivity contribution >= 4 is 58.0 Å². The number of carbonyl (C=O) groups excluding carboxylic acids is 4. The Morgan fingerprint density at radius 3 is 1.98 bits per heavy atom. The van der Waals surface area contributed by atoms with Crippen LogP contribution in [-0.2, 0) is 19.1 Å². The molecule has 2 heterocycles. The van der Waals surface area contributed by atoms with Crippen molar-refractivity contribution in [1.82, 2.24) is 15.6 Å². The molecule has 2 aromatic carbocycles. The number of rotatable bonds is 13. The highest BCUT2D eigenvalue weighted by Gasteiger charge is 2.36. The molecule has 272 valence electrons. The van der Waals surface area contributed by atoms with E-state index in [9.17, 15) is 29.2 Å². The number of thioether (sulfide) groups is 1. The van der Waals surface area contributed by atoms with Gasteiger partial charge in [0.15, 0.2) is 17.1 Å². The molecular formula is C36H43N5O9S. The van der Waals surface area contributed by atoms with Crippen molar-refractivity contribution in [3.8, 4) is 16.9 Å². The lowest BCUT2D eigenvalue weighted by Crippen LogP contribution is -2.43. The molecule has 1 aromatic heterocycles. The molecule has 0 saturated heterocycles. The molecular weight excluding hydrogens is 678 g/mol. The van der Waals surface area contributed by atoms with Crippen LogP contribution < -0.4 is 26.3 Å². The van der Waals surface area contributed by atoms with E-state index in [0.29, 0.717) is 22.4 Å². The fourth-order valence-electron chi connectivity index (χ4n) is 5.76. The van der Waals surface area contributed by atoms with Gasteiger partial charge in [-0.15, -0.1) is 0 Å². The minimum Gasteiger partial charge on any atom is -0.464 e. The first-order valence-corrected chi connectivity index (χ1v) is 17.6. The van der Waals surface area contributed by atoms with Gasteiger partial charge in [0, 0.05) is 16.0 Å². The van der Waals surface area contributed by atoms with Crippen molar-refractivity contribution in [2.24, 2.45) is 11.8 Å². The highest BCUT2D eigenvalue weighted by molar-refractivity contribution is 8.03. The van der Waals surface area contributed by atoms with Gasteiger partial charge in [-0.1, -0.05) is 27.7 Å². The number of amides is 2. The molecule has 2 atom stereocenters. The number of benzene rings is 2. The molecule has 3 N–H and O–H groups in total. The molecule has 0 radical (unpaired) electrons. The first kappa shape index (κ1) is 38.7. The average Bonchev–Trinajstić information content (AvgIpc) is 3.05. The Balaban J connectivity index is 1.96. The quantitative estimate of drug-likeness (QED) is 0.0832. The maximum Gasteiger partial charge on any atom is 0.357 e. The number of hydrogen-bond donors (Lipinski definition) is 3. The summed E-state index contributed by atoms with van der Waals surface area (Å²) in [5, 5.41) is 20.4. The summed E-state index contributed by atoms with van der Waals surface area (Å²) in [5.41, 5.74) is 0.266.